The molecule has 0 saturated heterocycles. The standard InChI is InChI=1S/C18H19N3O4/c22-17(19-9-12-5-6-15-16(7-12)25-11-24-15)10-21-18(23)8-13-3-1-2-4-14(13)20-21/h5-8H,1-4,9-11H2,(H,19,22). The van der Waals surface area contributed by atoms with Crippen molar-refractivity contribution in [3.63, 3.8) is 0 Å². The molecule has 1 N–H and O–H groups in total. The number of nitrogens with one attached hydrogen (secondary N) is 1. The largest absolute Gasteiger partial charge is 0.454 e. The van der Waals surface area contributed by atoms with Crippen molar-refractivity contribution in [3.8, 4) is 11.5 Å². The fraction of sp³-hybridized carbons (Fsp3) is 0.389. The molecule has 0 fully saturated rings. The summed E-state index contributed by atoms with van der Waals surface area (Å²) in [5.74, 6) is 1.14. The van der Waals surface area contributed by atoms with E-state index in [1.807, 2.05) is 18.2 Å². The minimum atomic E-state index is -0.247. The zero-order valence-corrected chi connectivity index (χ0v) is 13.8. The summed E-state index contributed by atoms with van der Waals surface area (Å²) in [5.41, 5.74) is 2.64. The van der Waals surface area contributed by atoms with Crippen molar-refractivity contribution in [3.05, 3.63) is 51.4 Å². The molecule has 2 heterocycles. The van der Waals surface area contributed by atoms with Crippen LogP contribution in [0.4, 0.5) is 0 Å². The molecule has 25 heavy (non-hydrogen) atoms. The van der Waals surface area contributed by atoms with Crippen LogP contribution in [0.1, 0.15) is 29.7 Å². The quantitative estimate of drug-likeness (QED) is 0.903. The maximum Gasteiger partial charge on any atom is 0.267 e. The van der Waals surface area contributed by atoms with Gasteiger partial charge in [0.25, 0.3) is 5.56 Å². The number of fused-ring (bicyclic) bond motifs is 2. The Hall–Kier alpha value is -2.83. The molecule has 1 amide bonds. The molecule has 0 atom stereocenters. The minimum Gasteiger partial charge on any atom is -0.454 e. The van der Waals surface area contributed by atoms with Crippen molar-refractivity contribution in [2.45, 2.75) is 38.8 Å². The number of nitrogens with zero attached hydrogens (tertiary/aromatic N) is 2. The fourth-order valence-corrected chi connectivity index (χ4v) is 3.16. The maximum atomic E-state index is 12.2. The third kappa shape index (κ3) is 3.35. The molecule has 0 radical (unpaired) electrons. The summed E-state index contributed by atoms with van der Waals surface area (Å²) in [6, 6.07) is 7.15. The van der Waals surface area contributed by atoms with Crippen LogP contribution in [0.25, 0.3) is 0 Å². The lowest BCUT2D eigenvalue weighted by Gasteiger charge is -2.15. The number of hydrogen-bond acceptors (Lipinski definition) is 5. The summed E-state index contributed by atoms with van der Waals surface area (Å²) >= 11 is 0. The highest BCUT2D eigenvalue weighted by atomic mass is 16.7. The summed E-state index contributed by atoms with van der Waals surface area (Å²) in [4.78, 5) is 24.3. The number of carbonyl (C=O) groups is 1. The van der Waals surface area contributed by atoms with E-state index in [1.165, 1.54) is 4.68 Å². The molecule has 7 nitrogen and oxygen atoms in total. The van der Waals surface area contributed by atoms with Gasteiger partial charge in [0.15, 0.2) is 11.5 Å². The normalized spacial score (nSPS) is 14.9. The molecule has 0 saturated carbocycles. The summed E-state index contributed by atoms with van der Waals surface area (Å²) < 4.78 is 11.8. The molecule has 7 heteroatoms. The highest BCUT2D eigenvalue weighted by molar-refractivity contribution is 5.75. The first-order valence-corrected chi connectivity index (χ1v) is 8.44. The Morgan fingerprint density at radius 3 is 2.92 bits per heavy atom. The molecule has 2 aliphatic rings. The van der Waals surface area contributed by atoms with Crippen LogP contribution in [0.3, 0.4) is 0 Å². The van der Waals surface area contributed by atoms with E-state index in [0.29, 0.717) is 18.0 Å². The Kier molecular flexibility index (Phi) is 4.13. The predicted octanol–water partition coefficient (Wildman–Crippen LogP) is 1.17. The molecule has 130 valence electrons. The van der Waals surface area contributed by atoms with E-state index < -0.39 is 0 Å². The van der Waals surface area contributed by atoms with Crippen molar-refractivity contribution in [2.75, 3.05) is 6.79 Å². The Morgan fingerprint density at radius 2 is 2.00 bits per heavy atom. The molecular formula is C18H19N3O4. The van der Waals surface area contributed by atoms with Crippen molar-refractivity contribution in [2.24, 2.45) is 0 Å². The first kappa shape index (κ1) is 15.7. The van der Waals surface area contributed by atoms with E-state index in [9.17, 15) is 9.59 Å². The maximum absolute atomic E-state index is 12.2. The highest BCUT2D eigenvalue weighted by Crippen LogP contribution is 2.32. The number of hydrogen-bond donors (Lipinski definition) is 1. The van der Waals surface area contributed by atoms with Crippen molar-refractivity contribution in [1.82, 2.24) is 15.1 Å². The van der Waals surface area contributed by atoms with Gasteiger partial charge in [-0.1, -0.05) is 6.07 Å². The second-order valence-corrected chi connectivity index (χ2v) is 6.28. The van der Waals surface area contributed by atoms with Crippen molar-refractivity contribution < 1.29 is 14.3 Å². The van der Waals surface area contributed by atoms with Crippen LogP contribution in [-0.2, 0) is 30.7 Å². The molecule has 0 bridgehead atoms. The molecular weight excluding hydrogens is 322 g/mol. The first-order chi connectivity index (χ1) is 12.2. The fourth-order valence-electron chi connectivity index (χ4n) is 3.16. The molecule has 1 aliphatic carbocycles. The number of carbonyl (C=O) groups excluding carboxylic acids is 1. The van der Waals surface area contributed by atoms with Crippen molar-refractivity contribution in [1.29, 1.82) is 0 Å². The third-order valence-electron chi connectivity index (χ3n) is 4.49. The number of benzene rings is 1. The zero-order chi connectivity index (χ0) is 17.2. The van der Waals surface area contributed by atoms with E-state index in [1.54, 1.807) is 6.07 Å². The predicted molar refractivity (Wildman–Crippen MR) is 89.6 cm³/mol. The topological polar surface area (TPSA) is 82.5 Å². The molecule has 1 aromatic carbocycles. The number of ether oxygens (including phenoxy) is 2. The molecule has 2 aromatic rings. The Morgan fingerprint density at radius 1 is 1.16 bits per heavy atom. The average molecular weight is 341 g/mol. The summed E-state index contributed by atoms with van der Waals surface area (Å²) in [6.45, 7) is 0.504. The van der Waals surface area contributed by atoms with Crippen LogP contribution in [0, 0.1) is 0 Å². The Labute approximate surface area is 144 Å². The van der Waals surface area contributed by atoms with Crippen LogP contribution in [0.5, 0.6) is 11.5 Å². The minimum absolute atomic E-state index is 0.0728. The van der Waals surface area contributed by atoms with E-state index in [2.05, 4.69) is 10.4 Å². The Balaban J connectivity index is 1.40. The summed E-state index contributed by atoms with van der Waals surface area (Å²) in [5, 5.41) is 7.17. The lowest BCUT2D eigenvalue weighted by Crippen LogP contribution is -2.34. The van der Waals surface area contributed by atoms with Gasteiger partial charge in [0, 0.05) is 12.6 Å². The van der Waals surface area contributed by atoms with Gasteiger partial charge in [-0.2, -0.15) is 5.10 Å². The van der Waals surface area contributed by atoms with Crippen LogP contribution in [-0.4, -0.2) is 22.5 Å². The van der Waals surface area contributed by atoms with Crippen LogP contribution < -0.4 is 20.3 Å². The van der Waals surface area contributed by atoms with Crippen LogP contribution in [0.2, 0.25) is 0 Å². The highest BCUT2D eigenvalue weighted by Gasteiger charge is 2.16. The van der Waals surface area contributed by atoms with Crippen LogP contribution >= 0.6 is 0 Å². The second kappa shape index (κ2) is 6.58. The van der Waals surface area contributed by atoms with E-state index in [-0.39, 0.29) is 24.8 Å². The molecule has 1 aromatic heterocycles. The van der Waals surface area contributed by atoms with Gasteiger partial charge in [0.05, 0.1) is 5.69 Å². The zero-order valence-electron chi connectivity index (χ0n) is 13.8. The molecule has 0 unspecified atom stereocenters. The SMILES string of the molecule is O=C(Cn1nc2c(cc1=O)CCCC2)NCc1ccc2c(c1)OCO2. The number of rotatable bonds is 4. The number of aryl methyl sites for hydroxylation is 2. The molecule has 0 spiro atoms. The third-order valence-corrected chi connectivity index (χ3v) is 4.49. The van der Waals surface area contributed by atoms with E-state index >= 15 is 0 Å². The first-order valence-electron chi connectivity index (χ1n) is 8.44. The van der Waals surface area contributed by atoms with Gasteiger partial charge in [-0.3, -0.25) is 9.59 Å². The van der Waals surface area contributed by atoms with Gasteiger partial charge in [-0.25, -0.2) is 4.68 Å². The monoisotopic (exact) mass is 341 g/mol. The van der Waals surface area contributed by atoms with Crippen molar-refractivity contribution >= 4 is 5.91 Å². The van der Waals surface area contributed by atoms with Gasteiger partial charge in [-0.05, 0) is 48.9 Å². The second-order valence-electron chi connectivity index (χ2n) is 6.28. The average Bonchev–Trinajstić information content (AvgIpc) is 3.08. The number of amides is 1. The lowest BCUT2D eigenvalue weighted by atomic mass is 9.97. The summed E-state index contributed by atoms with van der Waals surface area (Å²) in [6.07, 6.45) is 3.94. The van der Waals surface area contributed by atoms with Gasteiger partial charge in [0.2, 0.25) is 12.7 Å². The Bertz CT molecular complexity index is 875. The van der Waals surface area contributed by atoms with Gasteiger partial charge >= 0.3 is 0 Å². The smallest absolute Gasteiger partial charge is 0.267 e. The van der Waals surface area contributed by atoms with E-state index in [4.69, 9.17) is 9.47 Å². The van der Waals surface area contributed by atoms with Gasteiger partial charge in [0.1, 0.15) is 6.54 Å². The lowest BCUT2D eigenvalue weighted by molar-refractivity contribution is -0.122. The van der Waals surface area contributed by atoms with E-state index in [0.717, 1.165) is 42.5 Å². The van der Waals surface area contributed by atoms with Gasteiger partial charge in [-0.15, -0.1) is 0 Å². The summed E-state index contributed by atoms with van der Waals surface area (Å²) in [7, 11) is 0. The molecule has 1 aliphatic heterocycles. The van der Waals surface area contributed by atoms with Gasteiger partial charge < -0.3 is 14.8 Å². The number of aromatic nitrogens is 2. The molecule has 4 rings (SSSR count). The van der Waals surface area contributed by atoms with Crippen LogP contribution in [0.15, 0.2) is 29.1 Å².